The van der Waals surface area contributed by atoms with E-state index in [-0.39, 0.29) is 13.2 Å². The van der Waals surface area contributed by atoms with Crippen molar-refractivity contribution in [3.8, 4) is 11.5 Å². The third-order valence-electron chi connectivity index (χ3n) is 2.22. The Morgan fingerprint density at radius 3 is 2.50 bits per heavy atom. The van der Waals surface area contributed by atoms with Crippen molar-refractivity contribution >= 4 is 12.1 Å². The lowest BCUT2D eigenvalue weighted by Crippen LogP contribution is -2.30. The Bertz CT molecular complexity index is 498. The number of rotatable bonds is 6. The zero-order chi connectivity index (χ0) is 15.0. The summed E-state index contributed by atoms with van der Waals surface area (Å²) in [6, 6.07) is 6.78. The van der Waals surface area contributed by atoms with E-state index < -0.39 is 12.1 Å². The minimum atomic E-state index is -0.652. The summed E-state index contributed by atoms with van der Waals surface area (Å²) >= 11 is 0. The van der Waals surface area contributed by atoms with E-state index in [1.165, 1.54) is 7.11 Å². The van der Waals surface area contributed by atoms with Crippen LogP contribution in [0.2, 0.25) is 0 Å². The molecule has 6 nitrogen and oxygen atoms in total. The van der Waals surface area contributed by atoms with Crippen LogP contribution in [-0.4, -0.2) is 32.3 Å². The Morgan fingerprint density at radius 1 is 1.25 bits per heavy atom. The molecule has 1 rings (SSSR count). The Hall–Kier alpha value is -2.50. The summed E-state index contributed by atoms with van der Waals surface area (Å²) < 4.78 is 14.9. The minimum Gasteiger partial charge on any atom is -0.493 e. The fraction of sp³-hybridized carbons (Fsp3) is 0.286. The zero-order valence-corrected chi connectivity index (χ0v) is 11.5. The first-order valence-corrected chi connectivity index (χ1v) is 5.96. The van der Waals surface area contributed by atoms with Crippen molar-refractivity contribution in [2.24, 2.45) is 0 Å². The van der Waals surface area contributed by atoms with Gasteiger partial charge in [-0.05, 0) is 19.1 Å². The molecule has 0 bridgehead atoms. The molecule has 0 radical (unpaired) electrons. The molecule has 0 aromatic heterocycles. The van der Waals surface area contributed by atoms with Crippen molar-refractivity contribution < 1.29 is 23.8 Å². The van der Waals surface area contributed by atoms with Gasteiger partial charge < -0.3 is 19.5 Å². The van der Waals surface area contributed by atoms with Gasteiger partial charge in [-0.1, -0.05) is 18.7 Å². The highest BCUT2D eigenvalue weighted by Gasteiger charge is 2.09. The molecule has 0 aliphatic heterocycles. The summed E-state index contributed by atoms with van der Waals surface area (Å²) in [7, 11) is 1.48. The van der Waals surface area contributed by atoms with Crippen LogP contribution >= 0.6 is 0 Å². The molecule has 0 fully saturated rings. The molecule has 0 aliphatic carbocycles. The van der Waals surface area contributed by atoms with Gasteiger partial charge in [0.15, 0.2) is 11.5 Å². The molecule has 1 amide bonds. The quantitative estimate of drug-likeness (QED) is 0.489. The predicted octanol–water partition coefficient (Wildman–Crippen LogP) is 1.90. The summed E-state index contributed by atoms with van der Waals surface area (Å²) in [5.41, 5.74) is 0.307. The normalized spacial score (nSPS) is 9.50. The first kappa shape index (κ1) is 15.6. The standard InChI is InChI=1S/C14H17NO5/c1-10(2)13(16)19-9-8-15-14(17)20-12-7-5-4-6-11(12)18-3/h4-7H,1,8-9H2,2-3H3,(H,15,17). The Balaban J connectivity index is 2.34. The molecular formula is C14H17NO5. The van der Waals surface area contributed by atoms with Crippen LogP contribution in [0.4, 0.5) is 4.79 Å². The Morgan fingerprint density at radius 2 is 1.90 bits per heavy atom. The molecule has 20 heavy (non-hydrogen) atoms. The van der Waals surface area contributed by atoms with Crippen LogP contribution in [0, 0.1) is 0 Å². The zero-order valence-electron chi connectivity index (χ0n) is 11.5. The Labute approximate surface area is 117 Å². The van der Waals surface area contributed by atoms with Gasteiger partial charge in [0.2, 0.25) is 0 Å². The number of nitrogens with one attached hydrogen (secondary N) is 1. The number of carbonyl (C=O) groups excluding carboxylic acids is 2. The topological polar surface area (TPSA) is 73.9 Å². The Kier molecular flexibility index (Phi) is 6.09. The average Bonchev–Trinajstić information content (AvgIpc) is 2.43. The molecule has 1 N–H and O–H groups in total. The summed E-state index contributed by atoms with van der Waals surface area (Å²) in [4.78, 5) is 22.6. The summed E-state index contributed by atoms with van der Waals surface area (Å²) in [5, 5.41) is 2.45. The third kappa shape index (κ3) is 5.01. The van der Waals surface area contributed by atoms with Crippen molar-refractivity contribution in [1.82, 2.24) is 5.32 Å². The van der Waals surface area contributed by atoms with Gasteiger partial charge >= 0.3 is 12.1 Å². The van der Waals surface area contributed by atoms with Gasteiger partial charge in [0.1, 0.15) is 6.61 Å². The second kappa shape index (κ2) is 7.83. The maximum absolute atomic E-state index is 11.5. The fourth-order valence-electron chi connectivity index (χ4n) is 1.26. The molecule has 0 atom stereocenters. The largest absolute Gasteiger partial charge is 0.493 e. The highest BCUT2D eigenvalue weighted by Crippen LogP contribution is 2.25. The SMILES string of the molecule is C=C(C)C(=O)OCCNC(=O)Oc1ccccc1OC. The van der Waals surface area contributed by atoms with E-state index in [0.29, 0.717) is 17.1 Å². The molecule has 1 aromatic rings. The lowest BCUT2D eigenvalue weighted by atomic mass is 10.3. The van der Waals surface area contributed by atoms with E-state index in [4.69, 9.17) is 14.2 Å². The molecule has 0 heterocycles. The van der Waals surface area contributed by atoms with Gasteiger partial charge in [0.05, 0.1) is 13.7 Å². The molecular weight excluding hydrogens is 262 g/mol. The van der Waals surface area contributed by atoms with Crippen LogP contribution in [-0.2, 0) is 9.53 Å². The lowest BCUT2D eigenvalue weighted by molar-refractivity contribution is -0.138. The van der Waals surface area contributed by atoms with Gasteiger partial charge in [-0.15, -0.1) is 0 Å². The number of ether oxygens (including phenoxy) is 3. The molecule has 6 heteroatoms. The van der Waals surface area contributed by atoms with E-state index in [2.05, 4.69) is 11.9 Å². The lowest BCUT2D eigenvalue weighted by Gasteiger charge is -2.10. The third-order valence-corrected chi connectivity index (χ3v) is 2.22. The van der Waals surface area contributed by atoms with Crippen LogP contribution in [0.1, 0.15) is 6.92 Å². The van der Waals surface area contributed by atoms with Crippen molar-refractivity contribution in [3.05, 3.63) is 36.4 Å². The number of benzene rings is 1. The van der Waals surface area contributed by atoms with Crippen LogP contribution in [0.15, 0.2) is 36.4 Å². The number of carbonyl (C=O) groups is 2. The van der Waals surface area contributed by atoms with Crippen LogP contribution in [0.5, 0.6) is 11.5 Å². The fourth-order valence-corrected chi connectivity index (χ4v) is 1.26. The molecule has 0 saturated carbocycles. The number of esters is 1. The number of hydrogen-bond acceptors (Lipinski definition) is 5. The van der Waals surface area contributed by atoms with Gasteiger partial charge in [0.25, 0.3) is 0 Å². The summed E-state index contributed by atoms with van der Waals surface area (Å²) in [5.74, 6) is 0.271. The number of methoxy groups -OCH3 is 1. The van der Waals surface area contributed by atoms with Crippen molar-refractivity contribution in [2.75, 3.05) is 20.3 Å². The van der Waals surface area contributed by atoms with E-state index in [1.807, 2.05) is 0 Å². The maximum Gasteiger partial charge on any atom is 0.412 e. The summed E-state index contributed by atoms with van der Waals surface area (Å²) in [6.45, 7) is 5.18. The second-order valence-corrected chi connectivity index (χ2v) is 3.88. The van der Waals surface area contributed by atoms with E-state index in [1.54, 1.807) is 31.2 Å². The number of para-hydroxylation sites is 2. The summed E-state index contributed by atoms with van der Waals surface area (Å²) in [6.07, 6.45) is -0.652. The molecule has 1 aromatic carbocycles. The molecule has 0 spiro atoms. The maximum atomic E-state index is 11.5. The minimum absolute atomic E-state index is 0.0483. The van der Waals surface area contributed by atoms with E-state index >= 15 is 0 Å². The van der Waals surface area contributed by atoms with Gasteiger partial charge in [-0.2, -0.15) is 0 Å². The monoisotopic (exact) mass is 279 g/mol. The molecule has 0 unspecified atom stereocenters. The average molecular weight is 279 g/mol. The van der Waals surface area contributed by atoms with Gasteiger partial charge in [-0.25, -0.2) is 9.59 Å². The number of amides is 1. The van der Waals surface area contributed by atoms with E-state index in [0.717, 1.165) is 0 Å². The van der Waals surface area contributed by atoms with E-state index in [9.17, 15) is 9.59 Å². The number of hydrogen-bond donors (Lipinski definition) is 1. The van der Waals surface area contributed by atoms with Crippen molar-refractivity contribution in [3.63, 3.8) is 0 Å². The van der Waals surface area contributed by atoms with Crippen molar-refractivity contribution in [1.29, 1.82) is 0 Å². The predicted molar refractivity (Wildman–Crippen MR) is 72.8 cm³/mol. The second-order valence-electron chi connectivity index (χ2n) is 3.88. The highest BCUT2D eigenvalue weighted by molar-refractivity contribution is 5.86. The van der Waals surface area contributed by atoms with Crippen LogP contribution in [0.3, 0.4) is 0 Å². The van der Waals surface area contributed by atoms with Crippen molar-refractivity contribution in [2.45, 2.75) is 6.92 Å². The smallest absolute Gasteiger partial charge is 0.412 e. The first-order valence-electron chi connectivity index (χ1n) is 5.96. The first-order chi connectivity index (χ1) is 9.54. The highest BCUT2D eigenvalue weighted by atomic mass is 16.6. The molecule has 0 aliphatic rings. The van der Waals surface area contributed by atoms with Gasteiger partial charge in [-0.3, -0.25) is 0 Å². The molecule has 0 saturated heterocycles. The van der Waals surface area contributed by atoms with Crippen LogP contribution in [0.25, 0.3) is 0 Å². The van der Waals surface area contributed by atoms with Gasteiger partial charge in [0, 0.05) is 5.57 Å². The molecule has 108 valence electrons. The van der Waals surface area contributed by atoms with Crippen LogP contribution < -0.4 is 14.8 Å².